The molecule has 2 unspecified atom stereocenters. The molecule has 1 aromatic carbocycles. The first-order valence-corrected chi connectivity index (χ1v) is 8.39. The first-order valence-electron chi connectivity index (χ1n) is 8.39. The van der Waals surface area contributed by atoms with Crippen molar-refractivity contribution in [3.8, 4) is 5.75 Å². The minimum absolute atomic E-state index is 0.0451. The first kappa shape index (κ1) is 17.3. The van der Waals surface area contributed by atoms with Gasteiger partial charge in [-0.2, -0.15) is 0 Å². The Hall–Kier alpha value is -1.06. The number of hydrogen-bond acceptors (Lipinski definition) is 3. The predicted molar refractivity (Wildman–Crippen MR) is 91.7 cm³/mol. The summed E-state index contributed by atoms with van der Waals surface area (Å²) in [6.07, 6.45) is 6.16. The monoisotopic (exact) mass is 305 g/mol. The van der Waals surface area contributed by atoms with Crippen molar-refractivity contribution in [1.29, 1.82) is 0 Å². The van der Waals surface area contributed by atoms with Crippen molar-refractivity contribution in [1.82, 2.24) is 4.90 Å². The van der Waals surface area contributed by atoms with Gasteiger partial charge < -0.3 is 14.4 Å². The lowest BCUT2D eigenvalue weighted by atomic mass is 9.69. The Morgan fingerprint density at radius 1 is 1.00 bits per heavy atom. The van der Waals surface area contributed by atoms with Crippen molar-refractivity contribution < 1.29 is 9.47 Å². The molecule has 3 nitrogen and oxygen atoms in total. The molecular formula is C19H31NO2. The Labute approximate surface area is 135 Å². The van der Waals surface area contributed by atoms with Crippen LogP contribution in [0.2, 0.25) is 0 Å². The average molecular weight is 305 g/mol. The number of methoxy groups -OCH3 is 2. The van der Waals surface area contributed by atoms with Crippen LogP contribution >= 0.6 is 0 Å². The van der Waals surface area contributed by atoms with Crippen molar-refractivity contribution in [3.63, 3.8) is 0 Å². The van der Waals surface area contributed by atoms with E-state index < -0.39 is 0 Å². The van der Waals surface area contributed by atoms with Crippen molar-refractivity contribution in [2.24, 2.45) is 0 Å². The summed E-state index contributed by atoms with van der Waals surface area (Å²) in [6, 6.07) is 8.97. The van der Waals surface area contributed by atoms with Gasteiger partial charge in [-0.1, -0.05) is 31.4 Å². The molecule has 22 heavy (non-hydrogen) atoms. The highest BCUT2D eigenvalue weighted by atomic mass is 16.5. The second kappa shape index (κ2) is 7.47. The van der Waals surface area contributed by atoms with Crippen LogP contribution in [0.1, 0.15) is 50.5 Å². The minimum atomic E-state index is -0.0451. The summed E-state index contributed by atoms with van der Waals surface area (Å²) in [7, 11) is 7.93. The molecule has 0 aliphatic heterocycles. The van der Waals surface area contributed by atoms with Crippen molar-refractivity contribution in [2.75, 3.05) is 28.3 Å². The fourth-order valence-corrected chi connectivity index (χ4v) is 3.92. The molecule has 0 N–H and O–H groups in total. The van der Waals surface area contributed by atoms with E-state index in [1.54, 1.807) is 7.11 Å². The standard InChI is InChI=1S/C19H31NO2/c1-15(20(2)3)18(16-9-11-17(21-4)12-10-16)19(22-5)13-7-6-8-14-19/h9-12,15,18H,6-8,13-14H2,1-5H3. The molecule has 0 spiro atoms. The molecule has 1 saturated carbocycles. The van der Waals surface area contributed by atoms with Gasteiger partial charge in [0, 0.05) is 19.1 Å². The average Bonchev–Trinajstić information content (AvgIpc) is 2.56. The summed E-state index contributed by atoms with van der Waals surface area (Å²) in [4.78, 5) is 2.31. The molecule has 0 amide bonds. The number of likely N-dealkylation sites (N-methyl/N-ethyl adjacent to an activating group) is 1. The van der Waals surface area contributed by atoms with E-state index in [0.717, 1.165) is 18.6 Å². The van der Waals surface area contributed by atoms with E-state index in [-0.39, 0.29) is 5.60 Å². The van der Waals surface area contributed by atoms with Crippen LogP contribution in [0.5, 0.6) is 5.75 Å². The summed E-state index contributed by atoms with van der Waals surface area (Å²) in [6.45, 7) is 2.31. The highest BCUT2D eigenvalue weighted by molar-refractivity contribution is 5.32. The van der Waals surface area contributed by atoms with Crippen molar-refractivity contribution in [2.45, 2.75) is 56.6 Å². The predicted octanol–water partition coefficient (Wildman–Crippen LogP) is 4.08. The molecule has 124 valence electrons. The van der Waals surface area contributed by atoms with Crippen LogP contribution in [0.3, 0.4) is 0 Å². The molecule has 1 aromatic rings. The van der Waals surface area contributed by atoms with Crippen LogP contribution in [0.4, 0.5) is 0 Å². The largest absolute Gasteiger partial charge is 0.497 e. The lowest BCUT2D eigenvalue weighted by Gasteiger charge is -2.47. The molecule has 2 atom stereocenters. The van der Waals surface area contributed by atoms with Gasteiger partial charge in [-0.25, -0.2) is 0 Å². The second-order valence-corrected chi connectivity index (χ2v) is 6.78. The van der Waals surface area contributed by atoms with Crippen LogP contribution in [0.15, 0.2) is 24.3 Å². The molecule has 1 fully saturated rings. The van der Waals surface area contributed by atoms with Gasteiger partial charge in [0.25, 0.3) is 0 Å². The number of rotatable bonds is 6. The molecule has 1 aliphatic carbocycles. The van der Waals surface area contributed by atoms with Gasteiger partial charge >= 0.3 is 0 Å². The van der Waals surface area contributed by atoms with Crippen molar-refractivity contribution in [3.05, 3.63) is 29.8 Å². The third kappa shape index (κ3) is 3.47. The number of benzene rings is 1. The van der Waals surface area contributed by atoms with Gasteiger partial charge in [0.2, 0.25) is 0 Å². The molecule has 0 radical (unpaired) electrons. The summed E-state index contributed by atoms with van der Waals surface area (Å²) in [5.74, 6) is 1.29. The minimum Gasteiger partial charge on any atom is -0.497 e. The van der Waals surface area contributed by atoms with E-state index in [1.165, 1.54) is 24.8 Å². The van der Waals surface area contributed by atoms with Crippen LogP contribution < -0.4 is 4.74 Å². The van der Waals surface area contributed by atoms with E-state index in [4.69, 9.17) is 9.47 Å². The topological polar surface area (TPSA) is 21.7 Å². The van der Waals surface area contributed by atoms with E-state index >= 15 is 0 Å². The molecule has 1 aliphatic rings. The Morgan fingerprint density at radius 2 is 1.59 bits per heavy atom. The van der Waals surface area contributed by atoms with E-state index in [2.05, 4.69) is 50.2 Å². The van der Waals surface area contributed by atoms with E-state index in [1.807, 2.05) is 7.11 Å². The van der Waals surface area contributed by atoms with Crippen LogP contribution in [-0.2, 0) is 4.74 Å². The molecule has 3 heteroatoms. The zero-order valence-corrected chi connectivity index (χ0v) is 14.8. The summed E-state index contributed by atoms with van der Waals surface area (Å²) in [5, 5.41) is 0. The number of nitrogens with zero attached hydrogens (tertiary/aromatic N) is 1. The summed E-state index contributed by atoms with van der Waals surface area (Å²) >= 11 is 0. The lowest BCUT2D eigenvalue weighted by molar-refractivity contribution is -0.0754. The van der Waals surface area contributed by atoms with E-state index in [0.29, 0.717) is 12.0 Å². The normalized spacial score (nSPS) is 20.6. The molecule has 0 saturated heterocycles. The Morgan fingerprint density at radius 3 is 2.05 bits per heavy atom. The molecule has 0 bridgehead atoms. The van der Waals surface area contributed by atoms with Gasteiger partial charge in [-0.15, -0.1) is 0 Å². The zero-order chi connectivity index (χ0) is 16.2. The summed E-state index contributed by atoms with van der Waals surface area (Å²) in [5.41, 5.74) is 1.31. The van der Waals surface area contributed by atoms with Crippen LogP contribution in [-0.4, -0.2) is 44.9 Å². The third-order valence-corrected chi connectivity index (χ3v) is 5.45. The van der Waals surface area contributed by atoms with Gasteiger partial charge in [0.1, 0.15) is 5.75 Å². The van der Waals surface area contributed by atoms with Gasteiger partial charge in [-0.05, 0) is 51.6 Å². The van der Waals surface area contributed by atoms with Crippen molar-refractivity contribution >= 4 is 0 Å². The van der Waals surface area contributed by atoms with Crippen LogP contribution in [0.25, 0.3) is 0 Å². The quantitative estimate of drug-likeness (QED) is 0.790. The fraction of sp³-hybridized carbons (Fsp3) is 0.684. The fourth-order valence-electron chi connectivity index (χ4n) is 3.92. The van der Waals surface area contributed by atoms with E-state index in [9.17, 15) is 0 Å². The SMILES string of the molecule is COc1ccc(C(C(C)N(C)C)C2(OC)CCCCC2)cc1. The first-order chi connectivity index (χ1) is 10.5. The third-order valence-electron chi connectivity index (χ3n) is 5.45. The Balaban J connectivity index is 2.40. The Kier molecular flexibility index (Phi) is 5.87. The van der Waals surface area contributed by atoms with Gasteiger partial charge in [0.15, 0.2) is 0 Å². The molecule has 0 heterocycles. The highest BCUT2D eigenvalue weighted by Crippen LogP contribution is 2.45. The van der Waals surface area contributed by atoms with Gasteiger partial charge in [0.05, 0.1) is 12.7 Å². The summed E-state index contributed by atoms with van der Waals surface area (Å²) < 4.78 is 11.5. The van der Waals surface area contributed by atoms with Gasteiger partial charge in [-0.3, -0.25) is 0 Å². The molecule has 2 rings (SSSR count). The Bertz CT molecular complexity index is 449. The smallest absolute Gasteiger partial charge is 0.118 e. The maximum Gasteiger partial charge on any atom is 0.118 e. The maximum atomic E-state index is 6.17. The zero-order valence-electron chi connectivity index (χ0n) is 14.8. The maximum absolute atomic E-state index is 6.17. The highest BCUT2D eigenvalue weighted by Gasteiger charge is 2.44. The number of ether oxygens (including phenoxy) is 2. The molecule has 0 aromatic heterocycles. The second-order valence-electron chi connectivity index (χ2n) is 6.78. The molecular weight excluding hydrogens is 274 g/mol. The number of hydrogen-bond donors (Lipinski definition) is 0. The lowest BCUT2D eigenvalue weighted by Crippen LogP contribution is -2.48. The van der Waals surface area contributed by atoms with Crippen LogP contribution in [0, 0.1) is 0 Å².